The molecule has 3 rings (SSSR count). The fourth-order valence-corrected chi connectivity index (χ4v) is 3.26. The van der Waals surface area contributed by atoms with Gasteiger partial charge in [0.1, 0.15) is 12.3 Å². The van der Waals surface area contributed by atoms with Crippen molar-refractivity contribution in [2.24, 2.45) is 0 Å². The highest BCUT2D eigenvalue weighted by atomic mass is 35.5. The Morgan fingerprint density at radius 1 is 1.18 bits per heavy atom. The Kier molecular flexibility index (Phi) is 3.26. The molecule has 17 heavy (non-hydrogen) atoms. The first-order valence-electron chi connectivity index (χ1n) is 6.59. The van der Waals surface area contributed by atoms with Gasteiger partial charge in [0.15, 0.2) is 0 Å². The number of nitrogens with one attached hydrogen (secondary N) is 1. The van der Waals surface area contributed by atoms with E-state index < -0.39 is 0 Å². The summed E-state index contributed by atoms with van der Waals surface area (Å²) in [5, 5.41) is 0.817. The quantitative estimate of drug-likeness (QED) is 0.811. The number of halogens is 1. The van der Waals surface area contributed by atoms with Crippen molar-refractivity contribution in [3.63, 3.8) is 0 Å². The number of hydrogen-bond acceptors (Lipinski definition) is 1. The van der Waals surface area contributed by atoms with Crippen molar-refractivity contribution in [3.05, 3.63) is 28.8 Å². The van der Waals surface area contributed by atoms with Crippen molar-refractivity contribution in [2.75, 3.05) is 6.73 Å². The van der Waals surface area contributed by atoms with Gasteiger partial charge in [-0.05, 0) is 43.9 Å². The fraction of sp³-hybridized carbons (Fsp3) is 0.571. The van der Waals surface area contributed by atoms with E-state index in [0.717, 1.165) is 30.1 Å². The monoisotopic (exact) mass is 252 g/mol. The number of rotatable bonds is 1. The zero-order valence-corrected chi connectivity index (χ0v) is 10.8. The van der Waals surface area contributed by atoms with Gasteiger partial charge in [-0.25, -0.2) is 0 Å². The van der Waals surface area contributed by atoms with Gasteiger partial charge in [-0.3, -0.25) is 4.90 Å². The molecule has 1 atom stereocenters. The van der Waals surface area contributed by atoms with E-state index in [1.165, 1.54) is 37.7 Å². The van der Waals surface area contributed by atoms with E-state index in [4.69, 9.17) is 16.3 Å². The smallest absolute Gasteiger partial charge is 0.222 e. The molecular weight excluding hydrogens is 234 g/mol. The molecule has 0 bridgehead atoms. The molecule has 1 N–H and O–H groups in total. The molecule has 0 radical (unpaired) electrons. The van der Waals surface area contributed by atoms with Crippen LogP contribution in [0.4, 0.5) is 0 Å². The molecule has 1 aromatic rings. The molecule has 1 aliphatic carbocycles. The number of quaternary nitrogens is 1. The third-order valence-electron chi connectivity index (χ3n) is 4.04. The van der Waals surface area contributed by atoms with Gasteiger partial charge in [-0.2, -0.15) is 0 Å². The minimum atomic E-state index is 0.788. The average molecular weight is 253 g/mol. The highest BCUT2D eigenvalue weighted by Gasteiger charge is 2.29. The van der Waals surface area contributed by atoms with E-state index in [9.17, 15) is 0 Å². The molecule has 92 valence electrons. The van der Waals surface area contributed by atoms with Crippen LogP contribution in [-0.4, -0.2) is 12.8 Å². The van der Waals surface area contributed by atoms with Gasteiger partial charge in [-0.15, -0.1) is 0 Å². The molecule has 1 saturated carbocycles. The third kappa shape index (κ3) is 2.43. The summed E-state index contributed by atoms with van der Waals surface area (Å²) in [6, 6.07) is 6.75. The van der Waals surface area contributed by atoms with Crippen LogP contribution in [0.5, 0.6) is 5.75 Å². The van der Waals surface area contributed by atoms with Gasteiger partial charge in [0.25, 0.3) is 0 Å². The molecule has 1 aromatic carbocycles. The Balaban J connectivity index is 1.75. The molecular formula is C14H19ClNO+. The van der Waals surface area contributed by atoms with E-state index >= 15 is 0 Å². The van der Waals surface area contributed by atoms with Crippen LogP contribution in [0.15, 0.2) is 18.2 Å². The zero-order valence-electron chi connectivity index (χ0n) is 10.0. The predicted octanol–water partition coefficient (Wildman–Crippen LogP) is 2.41. The number of hydrogen-bond donors (Lipinski definition) is 1. The molecule has 1 fully saturated rings. The maximum Gasteiger partial charge on any atom is 0.222 e. The number of ether oxygens (including phenoxy) is 1. The average Bonchev–Trinajstić information content (AvgIpc) is 2.39. The lowest BCUT2D eigenvalue weighted by molar-refractivity contribution is -0.957. The van der Waals surface area contributed by atoms with Crippen molar-refractivity contribution in [2.45, 2.75) is 44.7 Å². The van der Waals surface area contributed by atoms with Gasteiger partial charge in [0, 0.05) is 5.02 Å². The largest absolute Gasteiger partial charge is 0.445 e. The molecule has 3 heteroatoms. The maximum atomic E-state index is 6.05. The number of benzene rings is 1. The molecule has 2 aliphatic rings. The minimum Gasteiger partial charge on any atom is -0.445 e. The first kappa shape index (κ1) is 11.4. The van der Waals surface area contributed by atoms with Crippen LogP contribution < -0.4 is 9.64 Å². The van der Waals surface area contributed by atoms with Crippen molar-refractivity contribution >= 4 is 11.6 Å². The van der Waals surface area contributed by atoms with Crippen LogP contribution >= 0.6 is 11.6 Å². The van der Waals surface area contributed by atoms with E-state index in [1.54, 1.807) is 4.90 Å². The minimum absolute atomic E-state index is 0.788. The second kappa shape index (κ2) is 4.87. The van der Waals surface area contributed by atoms with Crippen LogP contribution in [0.1, 0.15) is 37.7 Å². The molecule has 0 amide bonds. The van der Waals surface area contributed by atoms with Crippen LogP contribution in [0, 0.1) is 0 Å². The lowest BCUT2D eigenvalue weighted by atomic mass is 9.94. The van der Waals surface area contributed by atoms with Crippen molar-refractivity contribution in [3.8, 4) is 5.75 Å². The fourth-order valence-electron chi connectivity index (χ4n) is 3.07. The van der Waals surface area contributed by atoms with Gasteiger partial charge >= 0.3 is 0 Å². The molecule has 1 heterocycles. The van der Waals surface area contributed by atoms with Crippen LogP contribution in [-0.2, 0) is 6.54 Å². The Labute approximate surface area is 108 Å². The van der Waals surface area contributed by atoms with E-state index in [2.05, 4.69) is 6.07 Å². The standard InChI is InChI=1S/C14H18ClNO/c15-12-6-7-14-11(8-12)9-16(10-17-14)13-4-2-1-3-5-13/h6-8,13H,1-5,9-10H2/p+1. The SMILES string of the molecule is Clc1ccc2c(c1)C[NH+](C1CCCCC1)CO2. The second-order valence-corrected chi connectivity index (χ2v) is 5.65. The number of fused-ring (bicyclic) bond motifs is 1. The summed E-state index contributed by atoms with van der Waals surface area (Å²) in [5.74, 6) is 1.02. The Bertz CT molecular complexity index is 401. The summed E-state index contributed by atoms with van der Waals surface area (Å²) in [6.45, 7) is 1.89. The lowest BCUT2D eigenvalue weighted by Gasteiger charge is -2.34. The van der Waals surface area contributed by atoms with Gasteiger partial charge < -0.3 is 4.74 Å². The molecule has 0 saturated heterocycles. The lowest BCUT2D eigenvalue weighted by Crippen LogP contribution is -3.16. The summed E-state index contributed by atoms with van der Waals surface area (Å²) in [4.78, 5) is 1.58. The normalized spacial score (nSPS) is 25.1. The van der Waals surface area contributed by atoms with Gasteiger partial charge in [-0.1, -0.05) is 18.0 Å². The molecule has 1 unspecified atom stereocenters. The van der Waals surface area contributed by atoms with Gasteiger partial charge in [0.05, 0.1) is 11.6 Å². The van der Waals surface area contributed by atoms with Crippen molar-refractivity contribution in [1.29, 1.82) is 0 Å². The van der Waals surface area contributed by atoms with E-state index in [-0.39, 0.29) is 0 Å². The highest BCUT2D eigenvalue weighted by Crippen LogP contribution is 2.24. The predicted molar refractivity (Wildman–Crippen MR) is 68.5 cm³/mol. The van der Waals surface area contributed by atoms with Crippen LogP contribution in [0.3, 0.4) is 0 Å². The molecule has 0 aromatic heterocycles. The Hall–Kier alpha value is -0.730. The third-order valence-corrected chi connectivity index (χ3v) is 4.27. The molecule has 1 aliphatic heterocycles. The summed E-state index contributed by atoms with van der Waals surface area (Å²) in [6.07, 6.45) is 6.89. The summed E-state index contributed by atoms with van der Waals surface area (Å²) in [5.41, 5.74) is 1.27. The first-order valence-corrected chi connectivity index (χ1v) is 6.96. The molecule has 0 spiro atoms. The Morgan fingerprint density at radius 2 is 2.00 bits per heavy atom. The van der Waals surface area contributed by atoms with E-state index in [0.29, 0.717) is 0 Å². The van der Waals surface area contributed by atoms with E-state index in [1.807, 2.05) is 12.1 Å². The second-order valence-electron chi connectivity index (χ2n) is 5.21. The summed E-state index contributed by atoms with van der Waals surface area (Å²) < 4.78 is 5.85. The van der Waals surface area contributed by atoms with Gasteiger partial charge in [0.2, 0.25) is 6.73 Å². The maximum absolute atomic E-state index is 6.05. The Morgan fingerprint density at radius 3 is 2.82 bits per heavy atom. The summed E-state index contributed by atoms with van der Waals surface area (Å²) >= 11 is 6.05. The highest BCUT2D eigenvalue weighted by molar-refractivity contribution is 6.30. The van der Waals surface area contributed by atoms with Crippen molar-refractivity contribution in [1.82, 2.24) is 0 Å². The summed E-state index contributed by atoms with van der Waals surface area (Å²) in [7, 11) is 0. The molecule has 2 nitrogen and oxygen atoms in total. The first-order chi connectivity index (χ1) is 8.33. The zero-order chi connectivity index (χ0) is 11.7. The van der Waals surface area contributed by atoms with Crippen LogP contribution in [0.25, 0.3) is 0 Å². The van der Waals surface area contributed by atoms with Crippen molar-refractivity contribution < 1.29 is 9.64 Å². The topological polar surface area (TPSA) is 13.7 Å². The van der Waals surface area contributed by atoms with Crippen LogP contribution in [0.2, 0.25) is 5.02 Å².